The molecular weight excluding hydrogens is 252 g/mol. The highest BCUT2D eigenvalue weighted by Crippen LogP contribution is 2.31. The molecule has 1 aromatic carbocycles. The van der Waals surface area contributed by atoms with Crippen LogP contribution in [0.3, 0.4) is 0 Å². The second-order valence-electron chi connectivity index (χ2n) is 4.62. The standard InChI is InChI=1S/C12H14N2O5/c1-7-4-8(14(18)19)2-3-10(7)13-6-9(15)5-11(13)12(16)17/h2-4,9,11,15H,5-6H2,1H3,(H,16,17). The number of aliphatic carboxylic acids is 1. The lowest BCUT2D eigenvalue weighted by atomic mass is 10.1. The number of carbonyl (C=O) groups is 1. The molecule has 2 unspecified atom stereocenters. The van der Waals surface area contributed by atoms with E-state index >= 15 is 0 Å². The summed E-state index contributed by atoms with van der Waals surface area (Å²) < 4.78 is 0. The number of anilines is 1. The highest BCUT2D eigenvalue weighted by atomic mass is 16.6. The molecule has 102 valence electrons. The number of aliphatic hydroxyl groups excluding tert-OH is 1. The number of hydrogen-bond acceptors (Lipinski definition) is 5. The molecule has 7 nitrogen and oxygen atoms in total. The van der Waals surface area contributed by atoms with Gasteiger partial charge >= 0.3 is 5.97 Å². The van der Waals surface area contributed by atoms with E-state index in [-0.39, 0.29) is 18.7 Å². The van der Waals surface area contributed by atoms with E-state index in [0.717, 1.165) is 0 Å². The summed E-state index contributed by atoms with van der Waals surface area (Å²) in [5, 5.41) is 29.4. The average molecular weight is 266 g/mol. The number of benzene rings is 1. The smallest absolute Gasteiger partial charge is 0.326 e. The number of rotatable bonds is 3. The van der Waals surface area contributed by atoms with Crippen molar-refractivity contribution in [3.63, 3.8) is 0 Å². The molecule has 2 atom stereocenters. The lowest BCUT2D eigenvalue weighted by Crippen LogP contribution is -2.36. The number of aliphatic hydroxyl groups is 1. The summed E-state index contributed by atoms with van der Waals surface area (Å²) in [5.74, 6) is -1.01. The fourth-order valence-electron chi connectivity index (χ4n) is 2.39. The first kappa shape index (κ1) is 13.3. The third-order valence-corrected chi connectivity index (χ3v) is 3.26. The van der Waals surface area contributed by atoms with Gasteiger partial charge in [0.15, 0.2) is 0 Å². The molecule has 1 heterocycles. The number of nitro groups is 1. The third kappa shape index (κ3) is 2.50. The number of carboxylic acids is 1. The number of aryl methyl sites for hydroxylation is 1. The Morgan fingerprint density at radius 2 is 2.21 bits per heavy atom. The molecule has 0 aliphatic carbocycles. The lowest BCUT2D eigenvalue weighted by molar-refractivity contribution is -0.384. The van der Waals surface area contributed by atoms with Gasteiger partial charge in [-0.3, -0.25) is 10.1 Å². The minimum atomic E-state index is -1.01. The maximum atomic E-state index is 11.2. The summed E-state index contributed by atoms with van der Waals surface area (Å²) in [6, 6.07) is 3.47. The Morgan fingerprint density at radius 3 is 2.74 bits per heavy atom. The van der Waals surface area contributed by atoms with Gasteiger partial charge in [0.1, 0.15) is 6.04 Å². The topological polar surface area (TPSA) is 104 Å². The Kier molecular flexibility index (Phi) is 3.39. The van der Waals surface area contributed by atoms with Crippen LogP contribution >= 0.6 is 0 Å². The van der Waals surface area contributed by atoms with Gasteiger partial charge in [-0.1, -0.05) is 0 Å². The summed E-state index contributed by atoms with van der Waals surface area (Å²) in [5.41, 5.74) is 1.19. The Morgan fingerprint density at radius 1 is 1.53 bits per heavy atom. The number of non-ortho nitro benzene ring substituents is 1. The van der Waals surface area contributed by atoms with Crippen LogP contribution < -0.4 is 4.90 Å². The van der Waals surface area contributed by atoms with E-state index in [1.807, 2.05) is 0 Å². The Bertz CT molecular complexity index is 531. The average Bonchev–Trinajstić information content (AvgIpc) is 2.71. The van der Waals surface area contributed by atoms with Crippen molar-refractivity contribution in [3.8, 4) is 0 Å². The molecular formula is C12H14N2O5. The predicted molar refractivity (Wildman–Crippen MR) is 67.2 cm³/mol. The molecule has 2 N–H and O–H groups in total. The summed E-state index contributed by atoms with van der Waals surface area (Å²) in [7, 11) is 0. The predicted octanol–water partition coefficient (Wildman–Crippen LogP) is 0.927. The maximum absolute atomic E-state index is 11.2. The zero-order chi connectivity index (χ0) is 14.2. The quantitative estimate of drug-likeness (QED) is 0.623. The van der Waals surface area contributed by atoms with E-state index in [1.54, 1.807) is 11.8 Å². The number of β-amino-alcohol motifs (C(OH)–C–C–N with tert-alkyl or cyclic N) is 1. The molecule has 1 aromatic rings. The van der Waals surface area contributed by atoms with Crippen LogP contribution in [0.5, 0.6) is 0 Å². The van der Waals surface area contributed by atoms with E-state index in [9.17, 15) is 20.0 Å². The minimum absolute atomic E-state index is 0.0344. The summed E-state index contributed by atoms with van der Waals surface area (Å²) in [4.78, 5) is 22.9. The molecule has 1 aliphatic heterocycles. The molecule has 0 bridgehead atoms. The van der Waals surface area contributed by atoms with Gasteiger partial charge in [-0.25, -0.2) is 4.79 Å². The Balaban J connectivity index is 2.36. The summed E-state index contributed by atoms with van der Waals surface area (Å²) in [6.45, 7) is 1.90. The fourth-order valence-corrected chi connectivity index (χ4v) is 2.39. The van der Waals surface area contributed by atoms with Crippen molar-refractivity contribution in [1.82, 2.24) is 0 Å². The SMILES string of the molecule is Cc1cc([N+](=O)[O-])ccc1N1CC(O)CC1C(=O)O. The maximum Gasteiger partial charge on any atom is 0.326 e. The van der Waals surface area contributed by atoms with Gasteiger partial charge in [0.25, 0.3) is 5.69 Å². The first-order valence-corrected chi connectivity index (χ1v) is 5.82. The van der Waals surface area contributed by atoms with Crippen molar-refractivity contribution in [2.45, 2.75) is 25.5 Å². The van der Waals surface area contributed by atoms with Crippen LogP contribution in [0.25, 0.3) is 0 Å². The highest BCUT2D eigenvalue weighted by molar-refractivity contribution is 5.80. The fraction of sp³-hybridized carbons (Fsp3) is 0.417. The van der Waals surface area contributed by atoms with Gasteiger partial charge in [-0.05, 0) is 18.6 Å². The van der Waals surface area contributed by atoms with Gasteiger partial charge < -0.3 is 15.1 Å². The highest BCUT2D eigenvalue weighted by Gasteiger charge is 2.36. The van der Waals surface area contributed by atoms with Crippen LogP contribution in [-0.4, -0.2) is 39.8 Å². The van der Waals surface area contributed by atoms with Gasteiger partial charge in [0.05, 0.1) is 11.0 Å². The van der Waals surface area contributed by atoms with E-state index in [0.29, 0.717) is 11.3 Å². The molecule has 1 saturated heterocycles. The monoisotopic (exact) mass is 266 g/mol. The second kappa shape index (κ2) is 4.85. The van der Waals surface area contributed by atoms with Crippen LogP contribution in [0.4, 0.5) is 11.4 Å². The van der Waals surface area contributed by atoms with Crippen molar-refractivity contribution in [3.05, 3.63) is 33.9 Å². The van der Waals surface area contributed by atoms with E-state index in [2.05, 4.69) is 0 Å². The van der Waals surface area contributed by atoms with E-state index in [1.165, 1.54) is 18.2 Å². The number of nitrogens with zero attached hydrogens (tertiary/aromatic N) is 2. The molecule has 0 aromatic heterocycles. The van der Waals surface area contributed by atoms with Gasteiger partial charge in [-0.2, -0.15) is 0 Å². The summed E-state index contributed by atoms with van der Waals surface area (Å²) >= 11 is 0. The van der Waals surface area contributed by atoms with E-state index in [4.69, 9.17) is 5.11 Å². The molecule has 2 rings (SSSR count). The molecule has 0 radical (unpaired) electrons. The van der Waals surface area contributed by atoms with Crippen LogP contribution in [0.1, 0.15) is 12.0 Å². The molecule has 0 saturated carbocycles. The molecule has 0 spiro atoms. The normalized spacial score (nSPS) is 22.5. The van der Waals surface area contributed by atoms with Crippen LogP contribution in [0.2, 0.25) is 0 Å². The Labute approximate surface area is 109 Å². The largest absolute Gasteiger partial charge is 0.480 e. The molecule has 7 heteroatoms. The van der Waals surface area contributed by atoms with Crippen molar-refractivity contribution in [2.75, 3.05) is 11.4 Å². The zero-order valence-electron chi connectivity index (χ0n) is 10.3. The van der Waals surface area contributed by atoms with Gasteiger partial charge in [-0.15, -0.1) is 0 Å². The van der Waals surface area contributed by atoms with Gasteiger partial charge in [0.2, 0.25) is 0 Å². The second-order valence-corrected chi connectivity index (χ2v) is 4.62. The van der Waals surface area contributed by atoms with Crippen LogP contribution in [0.15, 0.2) is 18.2 Å². The molecule has 0 amide bonds. The molecule has 19 heavy (non-hydrogen) atoms. The van der Waals surface area contributed by atoms with Crippen LogP contribution in [0, 0.1) is 17.0 Å². The molecule has 1 aliphatic rings. The summed E-state index contributed by atoms with van der Waals surface area (Å²) in [6.07, 6.45) is -0.540. The van der Waals surface area contributed by atoms with Crippen molar-refractivity contribution >= 4 is 17.3 Å². The third-order valence-electron chi connectivity index (χ3n) is 3.26. The first-order chi connectivity index (χ1) is 8.90. The number of carboxylic acid groups (broad SMARTS) is 1. The first-order valence-electron chi connectivity index (χ1n) is 5.82. The minimum Gasteiger partial charge on any atom is -0.480 e. The van der Waals surface area contributed by atoms with Crippen molar-refractivity contribution in [2.24, 2.45) is 0 Å². The Hall–Kier alpha value is -2.15. The number of hydrogen-bond donors (Lipinski definition) is 2. The van der Waals surface area contributed by atoms with Crippen molar-refractivity contribution in [1.29, 1.82) is 0 Å². The lowest BCUT2D eigenvalue weighted by Gasteiger charge is -2.25. The van der Waals surface area contributed by atoms with Crippen LogP contribution in [-0.2, 0) is 4.79 Å². The van der Waals surface area contributed by atoms with Crippen molar-refractivity contribution < 1.29 is 19.9 Å². The molecule has 1 fully saturated rings. The zero-order valence-corrected chi connectivity index (χ0v) is 10.3. The van der Waals surface area contributed by atoms with Gasteiger partial charge in [0, 0.05) is 30.8 Å². The van der Waals surface area contributed by atoms with E-state index < -0.39 is 23.0 Å². The number of nitro benzene ring substituents is 1.